The van der Waals surface area contributed by atoms with Crippen LogP contribution in [0.5, 0.6) is 0 Å². The first-order valence-corrected chi connectivity index (χ1v) is 12.0. The molecular formula is C24H41N5O2. The van der Waals surface area contributed by atoms with E-state index in [1.807, 2.05) is 0 Å². The van der Waals surface area contributed by atoms with Crippen LogP contribution in [0.1, 0.15) is 37.8 Å². The van der Waals surface area contributed by atoms with Crippen molar-refractivity contribution in [2.75, 3.05) is 72.7 Å². The molecule has 2 unspecified atom stereocenters. The smallest absolute Gasteiger partial charge is 0.191 e. The minimum Gasteiger partial charge on any atom is -0.379 e. The van der Waals surface area contributed by atoms with Crippen LogP contribution >= 0.6 is 0 Å². The molecule has 0 amide bonds. The van der Waals surface area contributed by atoms with E-state index in [-0.39, 0.29) is 6.10 Å². The van der Waals surface area contributed by atoms with Crippen molar-refractivity contribution in [2.24, 2.45) is 4.99 Å². The number of rotatable bonds is 11. The highest BCUT2D eigenvalue weighted by molar-refractivity contribution is 5.79. The van der Waals surface area contributed by atoms with E-state index in [1.54, 1.807) is 0 Å². The number of guanidine groups is 1. The van der Waals surface area contributed by atoms with Crippen LogP contribution in [-0.2, 0) is 9.47 Å². The molecule has 2 heterocycles. The maximum atomic E-state index is 5.82. The largest absolute Gasteiger partial charge is 0.379 e. The average molecular weight is 432 g/mol. The standard InChI is InChI=1S/C24H41N5O2/c1-3-25-24(27-13-8-17-31-22-11-18-30-20-22)26-12-7-14-29-16-15-28(2)19-23(29)21-9-5-4-6-10-21/h4-6,9-10,22-23H,3,7-8,11-20H2,1-2H3,(H2,25,26,27). The maximum Gasteiger partial charge on any atom is 0.191 e. The van der Waals surface area contributed by atoms with E-state index in [2.05, 4.69) is 64.7 Å². The second-order valence-electron chi connectivity index (χ2n) is 8.48. The van der Waals surface area contributed by atoms with Crippen molar-refractivity contribution in [3.05, 3.63) is 35.9 Å². The van der Waals surface area contributed by atoms with Gasteiger partial charge >= 0.3 is 0 Å². The fraction of sp³-hybridized carbons (Fsp3) is 0.708. The van der Waals surface area contributed by atoms with Crippen LogP contribution in [0.4, 0.5) is 0 Å². The van der Waals surface area contributed by atoms with E-state index in [0.717, 1.165) is 90.9 Å². The predicted molar refractivity (Wildman–Crippen MR) is 127 cm³/mol. The van der Waals surface area contributed by atoms with Gasteiger partial charge in [-0.05, 0) is 38.8 Å². The fourth-order valence-electron chi connectivity index (χ4n) is 4.20. The minimum atomic E-state index is 0.282. The van der Waals surface area contributed by atoms with Crippen LogP contribution in [0.3, 0.4) is 0 Å². The predicted octanol–water partition coefficient (Wildman–Crippen LogP) is 2.12. The Bertz CT molecular complexity index is 636. The highest BCUT2D eigenvalue weighted by atomic mass is 16.5. The van der Waals surface area contributed by atoms with Gasteiger partial charge in [0.25, 0.3) is 0 Å². The van der Waals surface area contributed by atoms with Gasteiger partial charge in [0, 0.05) is 65.1 Å². The average Bonchev–Trinajstić information content (AvgIpc) is 3.31. The molecule has 2 aliphatic rings. The van der Waals surface area contributed by atoms with Crippen LogP contribution < -0.4 is 10.6 Å². The second kappa shape index (κ2) is 13.7. The van der Waals surface area contributed by atoms with Crippen LogP contribution in [-0.4, -0.2) is 94.5 Å². The lowest BCUT2D eigenvalue weighted by molar-refractivity contribution is 0.0424. The second-order valence-corrected chi connectivity index (χ2v) is 8.48. The zero-order valence-corrected chi connectivity index (χ0v) is 19.4. The van der Waals surface area contributed by atoms with Crippen LogP contribution in [0.15, 0.2) is 35.3 Å². The molecule has 0 aromatic heterocycles. The third-order valence-corrected chi connectivity index (χ3v) is 5.95. The zero-order valence-electron chi connectivity index (χ0n) is 19.4. The summed E-state index contributed by atoms with van der Waals surface area (Å²) in [6.07, 6.45) is 3.34. The molecule has 3 rings (SSSR count). The Kier molecular flexibility index (Phi) is 10.6. The van der Waals surface area contributed by atoms with E-state index < -0.39 is 0 Å². The van der Waals surface area contributed by atoms with Gasteiger partial charge in [0.05, 0.1) is 12.7 Å². The van der Waals surface area contributed by atoms with E-state index in [0.29, 0.717) is 6.04 Å². The number of piperazine rings is 1. The van der Waals surface area contributed by atoms with Crippen LogP contribution in [0.25, 0.3) is 0 Å². The van der Waals surface area contributed by atoms with Crippen molar-refractivity contribution >= 4 is 5.96 Å². The highest BCUT2D eigenvalue weighted by Crippen LogP contribution is 2.24. The monoisotopic (exact) mass is 431 g/mol. The minimum absolute atomic E-state index is 0.282. The molecule has 0 saturated carbocycles. The maximum absolute atomic E-state index is 5.82. The van der Waals surface area contributed by atoms with E-state index in [1.165, 1.54) is 5.56 Å². The van der Waals surface area contributed by atoms with Gasteiger partial charge in [-0.1, -0.05) is 30.3 Å². The molecule has 2 saturated heterocycles. The lowest BCUT2D eigenvalue weighted by Gasteiger charge is -2.40. The molecule has 31 heavy (non-hydrogen) atoms. The Morgan fingerprint density at radius 3 is 2.84 bits per heavy atom. The fourth-order valence-corrected chi connectivity index (χ4v) is 4.20. The zero-order chi connectivity index (χ0) is 21.7. The van der Waals surface area contributed by atoms with E-state index in [4.69, 9.17) is 14.5 Å². The summed E-state index contributed by atoms with van der Waals surface area (Å²) in [5.74, 6) is 0.907. The van der Waals surface area contributed by atoms with E-state index >= 15 is 0 Å². The molecule has 2 aliphatic heterocycles. The quantitative estimate of drug-likeness (QED) is 0.318. The van der Waals surface area contributed by atoms with E-state index in [9.17, 15) is 0 Å². The Morgan fingerprint density at radius 2 is 2.06 bits per heavy atom. The van der Waals surface area contributed by atoms with Crippen molar-refractivity contribution in [1.82, 2.24) is 20.4 Å². The molecule has 0 radical (unpaired) electrons. The van der Waals surface area contributed by atoms with Gasteiger partial charge in [0.2, 0.25) is 0 Å². The summed E-state index contributed by atoms with van der Waals surface area (Å²) in [5.41, 5.74) is 1.42. The molecule has 174 valence electrons. The number of aliphatic imine (C=N–C) groups is 1. The number of likely N-dealkylation sites (N-methyl/N-ethyl adjacent to an activating group) is 1. The van der Waals surface area contributed by atoms with Crippen molar-refractivity contribution in [3.63, 3.8) is 0 Å². The van der Waals surface area contributed by atoms with Gasteiger partial charge in [0.1, 0.15) is 0 Å². The van der Waals surface area contributed by atoms with Crippen molar-refractivity contribution < 1.29 is 9.47 Å². The molecule has 7 nitrogen and oxygen atoms in total. The normalized spacial score (nSPS) is 23.2. The van der Waals surface area contributed by atoms with Crippen molar-refractivity contribution in [2.45, 2.75) is 38.3 Å². The molecule has 0 bridgehead atoms. The molecule has 1 aromatic rings. The topological polar surface area (TPSA) is 61.4 Å². The summed E-state index contributed by atoms with van der Waals surface area (Å²) in [6.45, 7) is 11.4. The lowest BCUT2D eigenvalue weighted by Crippen LogP contribution is -2.47. The number of ether oxygens (including phenoxy) is 2. The highest BCUT2D eigenvalue weighted by Gasteiger charge is 2.25. The number of hydrogen-bond acceptors (Lipinski definition) is 5. The molecule has 1 aromatic carbocycles. The van der Waals surface area contributed by atoms with Crippen molar-refractivity contribution in [3.8, 4) is 0 Å². The molecule has 0 aliphatic carbocycles. The number of nitrogens with zero attached hydrogens (tertiary/aromatic N) is 3. The first kappa shape index (κ1) is 24.0. The van der Waals surface area contributed by atoms with Gasteiger partial charge in [0.15, 0.2) is 5.96 Å². The summed E-state index contributed by atoms with van der Waals surface area (Å²) in [7, 11) is 2.22. The van der Waals surface area contributed by atoms with Crippen LogP contribution in [0, 0.1) is 0 Å². The molecule has 7 heteroatoms. The Hall–Kier alpha value is -1.67. The first-order chi connectivity index (χ1) is 15.3. The summed E-state index contributed by atoms with van der Waals surface area (Å²) in [6, 6.07) is 11.4. The van der Waals surface area contributed by atoms with Gasteiger partial charge in [-0.3, -0.25) is 9.89 Å². The summed E-state index contributed by atoms with van der Waals surface area (Å²) in [4.78, 5) is 9.76. The number of nitrogens with one attached hydrogen (secondary N) is 2. The SMILES string of the molecule is CCNC(=NCCCOC1CCOC1)NCCCN1CCN(C)CC1c1ccccc1. The Morgan fingerprint density at radius 1 is 1.19 bits per heavy atom. The van der Waals surface area contributed by atoms with Gasteiger partial charge in [-0.15, -0.1) is 0 Å². The summed E-state index contributed by atoms with van der Waals surface area (Å²) < 4.78 is 11.2. The molecular weight excluding hydrogens is 390 g/mol. The van der Waals surface area contributed by atoms with Gasteiger partial charge in [-0.2, -0.15) is 0 Å². The Labute approximate surface area is 188 Å². The Balaban J connectivity index is 1.37. The van der Waals surface area contributed by atoms with Crippen LogP contribution in [0.2, 0.25) is 0 Å². The third-order valence-electron chi connectivity index (χ3n) is 5.95. The van der Waals surface area contributed by atoms with Gasteiger partial charge < -0.3 is 25.0 Å². The van der Waals surface area contributed by atoms with Gasteiger partial charge in [-0.25, -0.2) is 0 Å². The first-order valence-electron chi connectivity index (χ1n) is 12.0. The summed E-state index contributed by atoms with van der Waals surface area (Å²) >= 11 is 0. The number of hydrogen-bond donors (Lipinski definition) is 2. The molecule has 2 fully saturated rings. The molecule has 0 spiro atoms. The molecule has 2 N–H and O–H groups in total. The lowest BCUT2D eigenvalue weighted by atomic mass is 10.0. The third kappa shape index (κ3) is 8.41. The molecule has 2 atom stereocenters. The number of benzene rings is 1. The summed E-state index contributed by atoms with van der Waals surface area (Å²) in [5, 5.41) is 6.85. The van der Waals surface area contributed by atoms with Crippen molar-refractivity contribution in [1.29, 1.82) is 0 Å².